The zero-order valence-corrected chi connectivity index (χ0v) is 22.1. The highest BCUT2D eigenvalue weighted by Crippen LogP contribution is 2.28. The quantitative estimate of drug-likeness (QED) is 0.253. The van der Waals surface area contributed by atoms with Crippen molar-refractivity contribution in [2.24, 2.45) is 5.10 Å². The van der Waals surface area contributed by atoms with Gasteiger partial charge in [-0.2, -0.15) is 5.10 Å². The van der Waals surface area contributed by atoms with Crippen molar-refractivity contribution in [3.05, 3.63) is 83.4 Å². The summed E-state index contributed by atoms with van der Waals surface area (Å²) in [7, 11) is 1.62. The first-order valence-electron chi connectivity index (χ1n) is 12.2. The minimum Gasteiger partial charge on any atom is -0.495 e. The molecule has 0 aromatic heterocycles. The fraction of sp³-hybridized carbons (Fsp3) is 0.214. The SMILES string of the molecule is COc1ccccc1N1CCN(C(=O)C(=O)N/N=C/c2ccc(OCC(=O)Nc3cccc(Cl)c3)cc2)CC1. The van der Waals surface area contributed by atoms with Crippen LogP contribution in [0.2, 0.25) is 5.02 Å². The minimum atomic E-state index is -0.803. The molecule has 1 aliphatic rings. The van der Waals surface area contributed by atoms with Gasteiger partial charge in [-0.1, -0.05) is 29.8 Å². The first-order chi connectivity index (χ1) is 18.9. The third-order valence-corrected chi connectivity index (χ3v) is 6.16. The van der Waals surface area contributed by atoms with Crippen molar-refractivity contribution in [2.45, 2.75) is 0 Å². The van der Waals surface area contributed by atoms with Crippen LogP contribution >= 0.6 is 11.6 Å². The van der Waals surface area contributed by atoms with Crippen molar-refractivity contribution in [2.75, 3.05) is 50.1 Å². The maximum Gasteiger partial charge on any atom is 0.329 e. The van der Waals surface area contributed by atoms with Crippen molar-refractivity contribution in [1.82, 2.24) is 10.3 Å². The molecule has 0 bridgehead atoms. The van der Waals surface area contributed by atoms with Crippen molar-refractivity contribution in [3.63, 3.8) is 0 Å². The molecule has 1 fully saturated rings. The van der Waals surface area contributed by atoms with Crippen LogP contribution in [-0.2, 0) is 14.4 Å². The molecule has 3 aromatic carbocycles. The summed E-state index contributed by atoms with van der Waals surface area (Å²) in [6, 6.07) is 21.3. The second-order valence-electron chi connectivity index (χ2n) is 8.57. The van der Waals surface area contributed by atoms with Crippen LogP contribution in [0.4, 0.5) is 11.4 Å². The number of para-hydroxylation sites is 2. The third-order valence-electron chi connectivity index (χ3n) is 5.93. The van der Waals surface area contributed by atoms with Crippen LogP contribution < -0.4 is 25.1 Å². The molecule has 11 heteroatoms. The summed E-state index contributed by atoms with van der Waals surface area (Å²) in [5, 5.41) is 7.11. The number of piperazine rings is 1. The van der Waals surface area contributed by atoms with E-state index in [1.165, 1.54) is 11.1 Å². The van der Waals surface area contributed by atoms with Gasteiger partial charge in [0.2, 0.25) is 0 Å². The van der Waals surface area contributed by atoms with Gasteiger partial charge in [0.05, 0.1) is 19.0 Å². The van der Waals surface area contributed by atoms with Gasteiger partial charge in [-0.3, -0.25) is 14.4 Å². The Balaban J connectivity index is 1.19. The van der Waals surface area contributed by atoms with Crippen LogP contribution in [0.1, 0.15) is 5.56 Å². The van der Waals surface area contributed by atoms with Crippen molar-refractivity contribution < 1.29 is 23.9 Å². The van der Waals surface area contributed by atoms with E-state index in [2.05, 4.69) is 20.7 Å². The summed E-state index contributed by atoms with van der Waals surface area (Å²) in [6.45, 7) is 1.81. The van der Waals surface area contributed by atoms with Gasteiger partial charge in [-0.15, -0.1) is 0 Å². The topological polar surface area (TPSA) is 113 Å². The maximum absolute atomic E-state index is 12.6. The highest BCUT2D eigenvalue weighted by atomic mass is 35.5. The molecule has 0 unspecified atom stereocenters. The number of benzene rings is 3. The van der Waals surface area contributed by atoms with Crippen LogP contribution in [0, 0.1) is 0 Å². The molecule has 4 rings (SSSR count). The average Bonchev–Trinajstić information content (AvgIpc) is 2.96. The number of hydrogen-bond acceptors (Lipinski definition) is 7. The van der Waals surface area contributed by atoms with Gasteiger partial charge < -0.3 is 24.6 Å². The number of halogens is 1. The molecule has 1 heterocycles. The van der Waals surface area contributed by atoms with E-state index >= 15 is 0 Å². The lowest BCUT2D eigenvalue weighted by Gasteiger charge is -2.36. The molecule has 1 saturated heterocycles. The molecule has 0 radical (unpaired) electrons. The molecule has 1 aliphatic heterocycles. The Kier molecular flexibility index (Phi) is 9.36. The number of hydrogen-bond donors (Lipinski definition) is 2. The smallest absolute Gasteiger partial charge is 0.329 e. The number of carbonyl (C=O) groups is 3. The molecule has 0 saturated carbocycles. The number of ether oxygens (including phenoxy) is 2. The summed E-state index contributed by atoms with van der Waals surface area (Å²) in [6.07, 6.45) is 1.42. The maximum atomic E-state index is 12.6. The number of rotatable bonds is 8. The van der Waals surface area contributed by atoms with Crippen LogP contribution in [0.15, 0.2) is 77.9 Å². The average molecular weight is 550 g/mol. The van der Waals surface area contributed by atoms with Gasteiger partial charge in [0.1, 0.15) is 11.5 Å². The molecule has 0 aliphatic carbocycles. The van der Waals surface area contributed by atoms with Crippen LogP contribution in [-0.4, -0.2) is 68.7 Å². The summed E-state index contributed by atoms with van der Waals surface area (Å²) >= 11 is 5.91. The molecule has 10 nitrogen and oxygen atoms in total. The predicted molar refractivity (Wildman–Crippen MR) is 150 cm³/mol. The number of methoxy groups -OCH3 is 1. The van der Waals surface area contributed by atoms with Gasteiger partial charge in [0, 0.05) is 36.9 Å². The number of carbonyl (C=O) groups excluding carboxylic acids is 3. The fourth-order valence-corrected chi connectivity index (χ4v) is 4.15. The zero-order valence-electron chi connectivity index (χ0n) is 21.3. The second-order valence-corrected chi connectivity index (χ2v) is 9.00. The molecule has 3 amide bonds. The lowest BCUT2D eigenvalue weighted by molar-refractivity contribution is -0.146. The summed E-state index contributed by atoms with van der Waals surface area (Å²) in [4.78, 5) is 40.6. The van der Waals surface area contributed by atoms with Gasteiger partial charge in [-0.05, 0) is 60.2 Å². The standard InChI is InChI=1S/C28H28ClN5O5/c1-38-25-8-3-2-7-24(25)33-13-15-34(16-14-33)28(37)27(36)32-30-18-20-9-11-23(12-10-20)39-19-26(35)31-22-6-4-5-21(29)17-22/h2-12,17-18H,13-16,19H2,1H3,(H,31,35)(H,32,36)/b30-18+. The molecule has 3 aromatic rings. The van der Waals surface area contributed by atoms with Crippen molar-refractivity contribution in [3.8, 4) is 11.5 Å². The Hall–Kier alpha value is -4.57. The highest BCUT2D eigenvalue weighted by Gasteiger charge is 2.26. The molecule has 2 N–H and O–H groups in total. The zero-order chi connectivity index (χ0) is 27.6. The van der Waals surface area contributed by atoms with E-state index in [0.717, 1.165) is 11.4 Å². The van der Waals surface area contributed by atoms with Gasteiger partial charge >= 0.3 is 11.8 Å². The van der Waals surface area contributed by atoms with Gasteiger partial charge in [0.25, 0.3) is 5.91 Å². The highest BCUT2D eigenvalue weighted by molar-refractivity contribution is 6.35. The second kappa shape index (κ2) is 13.3. The fourth-order valence-electron chi connectivity index (χ4n) is 3.96. The van der Waals surface area contributed by atoms with E-state index < -0.39 is 11.8 Å². The Bertz CT molecular complexity index is 1340. The Morgan fingerprint density at radius 2 is 1.72 bits per heavy atom. The molecular formula is C28H28ClN5O5. The van der Waals surface area contributed by atoms with Crippen LogP contribution in [0.3, 0.4) is 0 Å². The van der Waals surface area contributed by atoms with Crippen LogP contribution in [0.5, 0.6) is 11.5 Å². The first kappa shape index (κ1) is 27.5. The molecule has 0 atom stereocenters. The lowest BCUT2D eigenvalue weighted by atomic mass is 10.2. The van der Waals surface area contributed by atoms with E-state index in [9.17, 15) is 14.4 Å². The van der Waals surface area contributed by atoms with E-state index in [4.69, 9.17) is 21.1 Å². The molecular weight excluding hydrogens is 522 g/mol. The molecule has 39 heavy (non-hydrogen) atoms. The Labute approximate surface area is 231 Å². The summed E-state index contributed by atoms with van der Waals surface area (Å²) in [5.41, 5.74) is 4.49. The van der Waals surface area contributed by atoms with E-state index in [-0.39, 0.29) is 12.5 Å². The largest absolute Gasteiger partial charge is 0.495 e. The van der Waals surface area contributed by atoms with E-state index in [0.29, 0.717) is 48.2 Å². The summed E-state index contributed by atoms with van der Waals surface area (Å²) in [5.74, 6) is -0.506. The number of nitrogens with one attached hydrogen (secondary N) is 2. The monoisotopic (exact) mass is 549 g/mol. The van der Waals surface area contributed by atoms with Crippen LogP contribution in [0.25, 0.3) is 0 Å². The van der Waals surface area contributed by atoms with Gasteiger partial charge in [0.15, 0.2) is 6.61 Å². The lowest BCUT2D eigenvalue weighted by Crippen LogP contribution is -2.52. The van der Waals surface area contributed by atoms with Crippen molar-refractivity contribution >= 4 is 46.9 Å². The number of hydrazone groups is 1. The number of anilines is 2. The Morgan fingerprint density at radius 1 is 0.974 bits per heavy atom. The number of nitrogens with zero attached hydrogens (tertiary/aromatic N) is 3. The number of amides is 3. The normalized spacial score (nSPS) is 13.2. The van der Waals surface area contributed by atoms with E-state index in [1.807, 2.05) is 24.3 Å². The predicted octanol–water partition coefficient (Wildman–Crippen LogP) is 3.17. The van der Waals surface area contributed by atoms with Crippen molar-refractivity contribution in [1.29, 1.82) is 0 Å². The third kappa shape index (κ3) is 7.71. The molecule has 202 valence electrons. The summed E-state index contributed by atoms with van der Waals surface area (Å²) < 4.78 is 10.9. The minimum absolute atomic E-state index is 0.175. The first-order valence-corrected chi connectivity index (χ1v) is 12.6. The Morgan fingerprint density at radius 3 is 2.44 bits per heavy atom. The van der Waals surface area contributed by atoms with Gasteiger partial charge in [-0.25, -0.2) is 5.43 Å². The molecule has 0 spiro atoms. The van der Waals surface area contributed by atoms with E-state index in [1.54, 1.807) is 55.6 Å².